The molecule has 0 aliphatic heterocycles. The van der Waals surface area contributed by atoms with Gasteiger partial charge in [0.05, 0.1) is 11.4 Å². The minimum absolute atomic E-state index is 0.00557. The monoisotopic (exact) mass is 556 g/mol. The number of carboxylic acid groups (broad SMARTS) is 3. The minimum atomic E-state index is -1.86. The number of anilines is 1. The van der Waals surface area contributed by atoms with Crippen molar-refractivity contribution in [3.8, 4) is 0 Å². The van der Waals surface area contributed by atoms with Gasteiger partial charge in [0.2, 0.25) is 5.95 Å². The molecule has 2 aromatic heterocycles. The molecule has 3 rings (SSSR count). The third kappa shape index (κ3) is 7.28. The summed E-state index contributed by atoms with van der Waals surface area (Å²) in [5, 5.41) is 30.2. The maximum Gasteiger partial charge on any atom is 0.320 e. The fourth-order valence-corrected chi connectivity index (χ4v) is 4.15. The Morgan fingerprint density at radius 1 is 1.00 bits per heavy atom. The molecule has 1 unspecified atom stereocenters. The Morgan fingerprint density at radius 2 is 1.68 bits per heavy atom. The number of hydrogen-bond acceptors (Lipinski definition) is 9. The Hall–Kier alpha value is -5.05. The van der Waals surface area contributed by atoms with Crippen LogP contribution in [0.5, 0.6) is 0 Å². The second-order valence-corrected chi connectivity index (χ2v) is 9.12. The predicted octanol–water partition coefficient (Wildman–Crippen LogP) is -0.346. The van der Waals surface area contributed by atoms with Gasteiger partial charge in [-0.15, -0.1) is 0 Å². The lowest BCUT2D eigenvalue weighted by atomic mass is 9.89. The Balaban J connectivity index is 1.71. The molecule has 10 N–H and O–H groups in total. The first-order chi connectivity index (χ1) is 18.9. The van der Waals surface area contributed by atoms with Crippen LogP contribution in [0.15, 0.2) is 35.3 Å². The number of amides is 1. The summed E-state index contributed by atoms with van der Waals surface area (Å²) in [4.78, 5) is 81.2. The second-order valence-electron chi connectivity index (χ2n) is 9.12. The summed E-state index contributed by atoms with van der Waals surface area (Å²) in [6.45, 7) is 0. The second kappa shape index (κ2) is 12.7. The van der Waals surface area contributed by atoms with E-state index in [4.69, 9.17) is 21.7 Å². The lowest BCUT2D eigenvalue weighted by Gasteiger charge is -2.22. The molecule has 0 aliphatic carbocycles. The number of Topliss-reactive ketones (excluding diaryl/α,β-unsaturated/α-hetero) is 1. The number of benzene rings is 1. The summed E-state index contributed by atoms with van der Waals surface area (Å²) in [7, 11) is 0. The zero-order valence-electron chi connectivity index (χ0n) is 21.0. The molecule has 212 valence electrons. The van der Waals surface area contributed by atoms with Crippen LogP contribution in [-0.4, -0.2) is 72.0 Å². The number of aliphatic carboxylic acids is 3. The Morgan fingerprint density at radius 3 is 2.27 bits per heavy atom. The van der Waals surface area contributed by atoms with Crippen molar-refractivity contribution in [2.24, 2.45) is 11.7 Å². The molecule has 0 saturated carbocycles. The van der Waals surface area contributed by atoms with Gasteiger partial charge in [-0.3, -0.25) is 33.8 Å². The van der Waals surface area contributed by atoms with E-state index in [9.17, 15) is 33.9 Å². The largest absolute Gasteiger partial charge is 0.481 e. The lowest BCUT2D eigenvalue weighted by Crippen LogP contribution is -2.47. The van der Waals surface area contributed by atoms with Gasteiger partial charge in [0.1, 0.15) is 17.6 Å². The summed E-state index contributed by atoms with van der Waals surface area (Å²) >= 11 is 0. The molecule has 0 fully saturated rings. The number of nitrogen functional groups attached to an aromatic ring is 1. The first-order valence-electron chi connectivity index (χ1n) is 12.1. The predicted molar refractivity (Wildman–Crippen MR) is 139 cm³/mol. The molecule has 40 heavy (non-hydrogen) atoms. The SMILES string of the molecule is Nc1nc2[nH]cc(CCc3ccc(C(=O)N[C@@H](CCC(=O)O)C(=O)C(C[C@H](N)C(=O)O)C(=O)O)cc3)c2c(=O)[nH]1. The molecule has 0 aliphatic rings. The molecule has 0 spiro atoms. The molecule has 0 bridgehead atoms. The number of nitrogens with zero attached hydrogens (tertiary/aromatic N) is 1. The quantitative estimate of drug-likeness (QED) is 0.118. The number of fused-ring (bicyclic) bond motifs is 1. The standard InChI is InChI=1S/C25H28N6O9/c26-15(24(39)40)9-14(23(37)38)19(34)16(7-8-17(32)33)29-21(35)12-4-1-11(2-5-12)3-6-13-10-28-20-18(13)22(36)31-25(27)30-20/h1-2,4-5,10,14-16H,3,6-9,26H2,(H,29,35)(H,32,33)(H,37,38)(H,39,40)(H4,27,28,30,31,36)/t14?,15-,16-/m0/s1. The fourth-order valence-electron chi connectivity index (χ4n) is 4.15. The number of aryl methyl sites for hydroxylation is 2. The van der Waals surface area contributed by atoms with Crippen LogP contribution in [0.25, 0.3) is 11.0 Å². The number of H-pyrrole nitrogens is 2. The van der Waals surface area contributed by atoms with Gasteiger partial charge in [-0.05, 0) is 48.9 Å². The number of carbonyl (C=O) groups excluding carboxylic acids is 2. The molecule has 2 heterocycles. The van der Waals surface area contributed by atoms with E-state index in [2.05, 4.69) is 20.3 Å². The van der Waals surface area contributed by atoms with Gasteiger partial charge in [-0.25, -0.2) is 0 Å². The highest BCUT2D eigenvalue weighted by atomic mass is 16.4. The van der Waals surface area contributed by atoms with Gasteiger partial charge in [0.25, 0.3) is 11.5 Å². The van der Waals surface area contributed by atoms with E-state index >= 15 is 0 Å². The van der Waals surface area contributed by atoms with Crippen molar-refractivity contribution in [2.45, 2.75) is 44.2 Å². The van der Waals surface area contributed by atoms with Crippen LogP contribution in [0.3, 0.4) is 0 Å². The van der Waals surface area contributed by atoms with E-state index in [1.54, 1.807) is 18.3 Å². The zero-order valence-corrected chi connectivity index (χ0v) is 21.0. The van der Waals surface area contributed by atoms with Gasteiger partial charge in [-0.2, -0.15) is 4.98 Å². The number of rotatable bonds is 14. The zero-order chi connectivity index (χ0) is 29.6. The van der Waals surface area contributed by atoms with E-state index in [0.29, 0.717) is 23.9 Å². The van der Waals surface area contributed by atoms with Crippen molar-refractivity contribution in [1.82, 2.24) is 20.3 Å². The molecule has 3 aromatic rings. The van der Waals surface area contributed by atoms with E-state index in [0.717, 1.165) is 11.1 Å². The Kier molecular flexibility index (Phi) is 9.34. The number of nitrogens with two attached hydrogens (primary N) is 2. The number of carbonyl (C=O) groups is 5. The summed E-state index contributed by atoms with van der Waals surface area (Å²) in [6.07, 6.45) is 0.948. The highest BCUT2D eigenvalue weighted by Gasteiger charge is 2.36. The first kappa shape index (κ1) is 29.5. The van der Waals surface area contributed by atoms with Crippen LogP contribution in [0.2, 0.25) is 0 Å². The van der Waals surface area contributed by atoms with Crippen LogP contribution in [0, 0.1) is 5.92 Å². The van der Waals surface area contributed by atoms with Crippen LogP contribution in [0.1, 0.15) is 40.7 Å². The lowest BCUT2D eigenvalue weighted by molar-refractivity contribution is -0.148. The third-order valence-electron chi connectivity index (χ3n) is 6.29. The maximum atomic E-state index is 12.9. The molecule has 15 nitrogen and oxygen atoms in total. The normalized spacial score (nSPS) is 13.3. The number of hydrogen-bond donors (Lipinski definition) is 8. The van der Waals surface area contributed by atoms with Crippen LogP contribution < -0.4 is 22.3 Å². The molecule has 0 saturated heterocycles. The summed E-state index contributed by atoms with van der Waals surface area (Å²) in [5.41, 5.74) is 12.6. The summed E-state index contributed by atoms with van der Waals surface area (Å²) in [6, 6.07) is 3.11. The highest BCUT2D eigenvalue weighted by molar-refractivity contribution is 6.04. The number of carboxylic acids is 3. The highest BCUT2D eigenvalue weighted by Crippen LogP contribution is 2.17. The van der Waals surface area contributed by atoms with Crippen LogP contribution >= 0.6 is 0 Å². The van der Waals surface area contributed by atoms with Crippen molar-refractivity contribution < 1.29 is 39.3 Å². The van der Waals surface area contributed by atoms with Crippen LogP contribution in [0.4, 0.5) is 5.95 Å². The smallest absolute Gasteiger partial charge is 0.320 e. The van der Waals surface area contributed by atoms with Crippen molar-refractivity contribution in [2.75, 3.05) is 5.73 Å². The van der Waals surface area contributed by atoms with E-state index in [-0.39, 0.29) is 17.1 Å². The maximum absolute atomic E-state index is 12.9. The number of aromatic nitrogens is 3. The van der Waals surface area contributed by atoms with Gasteiger partial charge < -0.3 is 37.1 Å². The summed E-state index contributed by atoms with van der Waals surface area (Å²) in [5.74, 6) is -8.11. The molecule has 3 atom stereocenters. The van der Waals surface area contributed by atoms with Gasteiger partial charge in [0, 0.05) is 18.2 Å². The minimum Gasteiger partial charge on any atom is -0.481 e. The topological polar surface area (TPSA) is 272 Å². The number of aromatic amines is 2. The number of ketones is 1. The molecule has 1 amide bonds. The van der Waals surface area contributed by atoms with E-state index in [1.165, 1.54) is 12.1 Å². The summed E-state index contributed by atoms with van der Waals surface area (Å²) < 4.78 is 0. The molecule has 1 aromatic carbocycles. The van der Waals surface area contributed by atoms with Gasteiger partial charge in [0.15, 0.2) is 5.78 Å². The van der Waals surface area contributed by atoms with Crippen LogP contribution in [-0.2, 0) is 32.0 Å². The Labute approximate surface area is 225 Å². The van der Waals surface area contributed by atoms with Crippen molar-refractivity contribution in [3.05, 3.63) is 57.5 Å². The molecular weight excluding hydrogens is 528 g/mol. The van der Waals surface area contributed by atoms with Gasteiger partial charge >= 0.3 is 17.9 Å². The number of nitrogens with one attached hydrogen (secondary N) is 3. The van der Waals surface area contributed by atoms with Crippen molar-refractivity contribution in [1.29, 1.82) is 0 Å². The van der Waals surface area contributed by atoms with E-state index < -0.39 is 66.9 Å². The molecule has 0 radical (unpaired) electrons. The van der Waals surface area contributed by atoms with Crippen molar-refractivity contribution >= 4 is 46.6 Å². The van der Waals surface area contributed by atoms with Gasteiger partial charge in [-0.1, -0.05) is 12.1 Å². The Bertz CT molecular complexity index is 1490. The molecular formula is C25H28N6O9. The third-order valence-corrected chi connectivity index (χ3v) is 6.29. The molecule has 15 heteroatoms. The van der Waals surface area contributed by atoms with E-state index in [1.807, 2.05) is 0 Å². The first-order valence-corrected chi connectivity index (χ1v) is 12.1. The fraction of sp³-hybridized carbons (Fsp3) is 0.320. The average Bonchev–Trinajstić information content (AvgIpc) is 3.30. The average molecular weight is 557 g/mol. The van der Waals surface area contributed by atoms with Crippen molar-refractivity contribution in [3.63, 3.8) is 0 Å².